The number of halogens is 1. The van der Waals surface area contributed by atoms with Crippen molar-refractivity contribution in [1.82, 2.24) is 14.9 Å². The minimum Gasteiger partial charge on any atom is -0.487 e. The summed E-state index contributed by atoms with van der Waals surface area (Å²) in [6, 6.07) is 16.0. The monoisotopic (exact) mass is 470 g/mol. The number of nitrogens with zero attached hydrogens (tertiary/aromatic N) is 3. The van der Waals surface area contributed by atoms with Crippen LogP contribution in [0.4, 0.5) is 0 Å². The van der Waals surface area contributed by atoms with Crippen LogP contribution in [0.15, 0.2) is 48.5 Å². The Morgan fingerprint density at radius 1 is 1.12 bits per heavy atom. The molecule has 1 aliphatic carbocycles. The Kier molecular flexibility index (Phi) is 6.28. The normalized spacial score (nSPS) is 13.4. The number of nitriles is 1. The molecule has 1 aromatic heterocycles. The molecule has 2 aromatic carbocycles. The first-order chi connectivity index (χ1) is 15.3. The fourth-order valence-electron chi connectivity index (χ4n) is 2.83. The zero-order valence-corrected chi connectivity index (χ0v) is 18.7. The fourth-order valence-corrected chi connectivity index (χ4v) is 3.49. The standard InChI is InChI=1S/C22H19ClN4O4S/c1-32(28,29)25-13-16-4-9-21(27-26-16)14-2-5-17(6-3-14)30-19-10-15(12-24)22(20(23)11-19)31-18-7-8-18/h2-6,9-11,18,25H,7-8,13H2,1H3. The number of rotatable bonds is 8. The molecule has 0 aliphatic heterocycles. The van der Waals surface area contributed by atoms with Gasteiger partial charge in [0, 0.05) is 17.7 Å². The average molecular weight is 471 g/mol. The minimum absolute atomic E-state index is 0.0800. The number of hydrogen-bond donors (Lipinski definition) is 1. The van der Waals surface area contributed by atoms with Gasteiger partial charge < -0.3 is 9.47 Å². The van der Waals surface area contributed by atoms with Crippen molar-refractivity contribution in [2.24, 2.45) is 0 Å². The Labute approximate surface area is 190 Å². The molecule has 0 radical (unpaired) electrons. The van der Waals surface area contributed by atoms with Gasteiger partial charge in [0.1, 0.15) is 17.6 Å². The van der Waals surface area contributed by atoms with E-state index < -0.39 is 10.0 Å². The van der Waals surface area contributed by atoms with Crippen LogP contribution in [0, 0.1) is 11.3 Å². The van der Waals surface area contributed by atoms with E-state index in [1.165, 1.54) is 0 Å². The molecule has 10 heteroatoms. The van der Waals surface area contributed by atoms with Gasteiger partial charge >= 0.3 is 0 Å². The first-order valence-electron chi connectivity index (χ1n) is 9.76. The summed E-state index contributed by atoms with van der Waals surface area (Å²) >= 11 is 6.31. The maximum absolute atomic E-state index is 11.2. The molecule has 8 nitrogen and oxygen atoms in total. The molecule has 0 unspecified atom stereocenters. The van der Waals surface area contributed by atoms with Crippen LogP contribution >= 0.6 is 11.6 Å². The molecular formula is C22H19ClN4O4S. The van der Waals surface area contributed by atoms with Crippen LogP contribution in [0.3, 0.4) is 0 Å². The number of ether oxygens (including phenoxy) is 2. The van der Waals surface area contributed by atoms with Crippen LogP contribution in [0.25, 0.3) is 11.3 Å². The zero-order chi connectivity index (χ0) is 22.7. The molecule has 0 atom stereocenters. The second-order valence-electron chi connectivity index (χ2n) is 7.34. The number of hydrogen-bond acceptors (Lipinski definition) is 7. The highest BCUT2D eigenvalue weighted by atomic mass is 35.5. The topological polar surface area (TPSA) is 114 Å². The van der Waals surface area contributed by atoms with E-state index in [9.17, 15) is 13.7 Å². The van der Waals surface area contributed by atoms with Gasteiger partial charge in [-0.3, -0.25) is 0 Å². The molecule has 0 saturated heterocycles. The lowest BCUT2D eigenvalue weighted by Crippen LogP contribution is -2.21. The summed E-state index contributed by atoms with van der Waals surface area (Å²) in [6.45, 7) is 0.0800. The van der Waals surface area contributed by atoms with Crippen molar-refractivity contribution in [1.29, 1.82) is 5.26 Å². The summed E-state index contributed by atoms with van der Waals surface area (Å²) in [7, 11) is -3.29. The lowest BCUT2D eigenvalue weighted by molar-refractivity contribution is 0.302. The number of nitrogens with one attached hydrogen (secondary N) is 1. The van der Waals surface area contributed by atoms with Crippen molar-refractivity contribution in [3.63, 3.8) is 0 Å². The summed E-state index contributed by atoms with van der Waals surface area (Å²) in [6.07, 6.45) is 3.16. The van der Waals surface area contributed by atoms with Gasteiger partial charge in [0.15, 0.2) is 5.75 Å². The fraction of sp³-hybridized carbons (Fsp3) is 0.227. The van der Waals surface area contributed by atoms with Crippen molar-refractivity contribution in [2.75, 3.05) is 6.26 Å². The van der Waals surface area contributed by atoms with Crippen LogP contribution in [0.2, 0.25) is 5.02 Å². The predicted molar refractivity (Wildman–Crippen MR) is 119 cm³/mol. The van der Waals surface area contributed by atoms with Gasteiger partial charge in [-0.1, -0.05) is 11.6 Å². The van der Waals surface area contributed by atoms with E-state index in [0.29, 0.717) is 39.2 Å². The van der Waals surface area contributed by atoms with Crippen molar-refractivity contribution in [2.45, 2.75) is 25.5 Å². The summed E-state index contributed by atoms with van der Waals surface area (Å²) in [4.78, 5) is 0. The highest BCUT2D eigenvalue weighted by Crippen LogP contribution is 2.38. The molecular weight excluding hydrogens is 452 g/mol. The molecule has 4 rings (SSSR count). The van der Waals surface area contributed by atoms with Crippen molar-refractivity contribution in [3.8, 4) is 34.6 Å². The zero-order valence-electron chi connectivity index (χ0n) is 17.1. The molecule has 32 heavy (non-hydrogen) atoms. The molecule has 1 heterocycles. The maximum atomic E-state index is 11.2. The molecule has 0 amide bonds. The van der Waals surface area contributed by atoms with Gasteiger partial charge in [-0.15, -0.1) is 0 Å². The van der Waals surface area contributed by atoms with Crippen LogP contribution in [-0.2, 0) is 16.6 Å². The van der Waals surface area contributed by atoms with Gasteiger partial charge in [-0.05, 0) is 49.2 Å². The number of aromatic nitrogens is 2. The molecule has 164 valence electrons. The SMILES string of the molecule is CS(=O)(=O)NCc1ccc(-c2ccc(Oc3cc(Cl)c(OC4CC4)c(C#N)c3)cc2)nn1. The van der Waals surface area contributed by atoms with Gasteiger partial charge in [-0.2, -0.15) is 15.5 Å². The van der Waals surface area contributed by atoms with Crippen molar-refractivity contribution in [3.05, 3.63) is 64.8 Å². The third-order valence-corrected chi connectivity index (χ3v) is 5.52. The molecule has 1 saturated carbocycles. The quantitative estimate of drug-likeness (QED) is 0.528. The summed E-state index contributed by atoms with van der Waals surface area (Å²) in [5, 5.41) is 18.0. The van der Waals surface area contributed by atoms with Crippen LogP contribution in [0.1, 0.15) is 24.1 Å². The van der Waals surface area contributed by atoms with E-state index in [1.54, 1.807) is 36.4 Å². The molecule has 1 N–H and O–H groups in total. The van der Waals surface area contributed by atoms with E-state index >= 15 is 0 Å². The number of benzene rings is 2. The molecule has 0 bridgehead atoms. The second-order valence-corrected chi connectivity index (χ2v) is 9.58. The smallest absolute Gasteiger partial charge is 0.209 e. The molecule has 1 aliphatic rings. The Hall–Kier alpha value is -3.19. The van der Waals surface area contributed by atoms with E-state index in [0.717, 1.165) is 24.7 Å². The Morgan fingerprint density at radius 2 is 1.88 bits per heavy atom. The van der Waals surface area contributed by atoms with Crippen molar-refractivity contribution < 1.29 is 17.9 Å². The van der Waals surface area contributed by atoms with E-state index in [-0.39, 0.29) is 12.6 Å². The van der Waals surface area contributed by atoms with Gasteiger partial charge in [-0.25, -0.2) is 13.1 Å². The van der Waals surface area contributed by atoms with Crippen LogP contribution in [-0.4, -0.2) is 31.0 Å². The minimum atomic E-state index is -3.29. The number of sulfonamides is 1. The van der Waals surface area contributed by atoms with Crippen LogP contribution < -0.4 is 14.2 Å². The Bertz CT molecular complexity index is 1270. The maximum Gasteiger partial charge on any atom is 0.209 e. The molecule has 0 spiro atoms. The third-order valence-electron chi connectivity index (χ3n) is 4.57. The van der Waals surface area contributed by atoms with E-state index in [4.69, 9.17) is 21.1 Å². The van der Waals surface area contributed by atoms with E-state index in [1.807, 2.05) is 12.1 Å². The third kappa shape index (κ3) is 5.73. The van der Waals surface area contributed by atoms with E-state index in [2.05, 4.69) is 21.0 Å². The van der Waals surface area contributed by atoms with Gasteiger partial charge in [0.05, 0.1) is 40.9 Å². The average Bonchev–Trinajstić information content (AvgIpc) is 3.59. The molecule has 1 fully saturated rings. The van der Waals surface area contributed by atoms with Gasteiger partial charge in [0.2, 0.25) is 10.0 Å². The molecule has 3 aromatic rings. The Balaban J connectivity index is 1.45. The lowest BCUT2D eigenvalue weighted by atomic mass is 10.1. The van der Waals surface area contributed by atoms with Gasteiger partial charge in [0.25, 0.3) is 0 Å². The second kappa shape index (κ2) is 9.12. The Morgan fingerprint density at radius 3 is 2.47 bits per heavy atom. The summed E-state index contributed by atoms with van der Waals surface area (Å²) in [5.41, 5.74) is 2.29. The summed E-state index contributed by atoms with van der Waals surface area (Å²) in [5.74, 6) is 1.39. The van der Waals surface area contributed by atoms with Crippen LogP contribution in [0.5, 0.6) is 17.2 Å². The first kappa shape index (κ1) is 22.0. The highest BCUT2D eigenvalue weighted by molar-refractivity contribution is 7.88. The van der Waals surface area contributed by atoms with Crippen molar-refractivity contribution >= 4 is 21.6 Å². The highest BCUT2D eigenvalue weighted by Gasteiger charge is 2.26. The first-order valence-corrected chi connectivity index (χ1v) is 12.0. The summed E-state index contributed by atoms with van der Waals surface area (Å²) < 4.78 is 36.3. The largest absolute Gasteiger partial charge is 0.487 e. The predicted octanol–water partition coefficient (Wildman–Crippen LogP) is 4.05. The lowest BCUT2D eigenvalue weighted by Gasteiger charge is -2.12.